The number of benzene rings is 2. The Labute approximate surface area is 146 Å². The average Bonchev–Trinajstić information content (AvgIpc) is 3.05. The van der Waals surface area contributed by atoms with E-state index >= 15 is 0 Å². The van der Waals surface area contributed by atoms with E-state index in [2.05, 4.69) is 10.3 Å². The van der Waals surface area contributed by atoms with Crippen LogP contribution in [0.4, 0.5) is 13.2 Å². The number of hydrogen-bond donors (Lipinski definition) is 0. The van der Waals surface area contributed by atoms with Gasteiger partial charge in [-0.2, -0.15) is 13.2 Å². The molecule has 0 spiro atoms. The standard InChI is InChI=1S/C17H13ClF3N3O/c1-25-12-6-4-5-11(9-12)16-14(10-18)22-23-24(16)15-8-3-2-7-13(15)17(19,20)21/h2-9H,10H2,1H3. The van der Waals surface area contributed by atoms with Crippen molar-refractivity contribution >= 4 is 11.6 Å². The van der Waals surface area contributed by atoms with E-state index in [0.29, 0.717) is 22.7 Å². The van der Waals surface area contributed by atoms with Gasteiger partial charge in [-0.3, -0.25) is 0 Å². The highest BCUT2D eigenvalue weighted by Gasteiger charge is 2.34. The minimum Gasteiger partial charge on any atom is -0.497 e. The summed E-state index contributed by atoms with van der Waals surface area (Å²) in [6.07, 6.45) is -4.52. The molecule has 0 fully saturated rings. The van der Waals surface area contributed by atoms with E-state index in [0.717, 1.165) is 10.7 Å². The molecule has 0 atom stereocenters. The SMILES string of the molecule is COc1cccc(-c2c(CCl)nnn2-c2ccccc2C(F)(F)F)c1. The molecule has 0 aliphatic carbocycles. The minimum absolute atomic E-state index is 0.0146. The van der Waals surface area contributed by atoms with Crippen molar-refractivity contribution in [3.05, 3.63) is 59.8 Å². The van der Waals surface area contributed by atoms with E-state index < -0.39 is 11.7 Å². The second kappa shape index (κ2) is 6.76. The van der Waals surface area contributed by atoms with Crippen LogP contribution in [0.1, 0.15) is 11.3 Å². The first kappa shape index (κ1) is 17.3. The molecule has 0 N–H and O–H groups in total. The zero-order valence-corrected chi connectivity index (χ0v) is 13.8. The number of para-hydroxylation sites is 1. The minimum atomic E-state index is -4.52. The van der Waals surface area contributed by atoms with Gasteiger partial charge < -0.3 is 4.74 Å². The summed E-state index contributed by atoms with van der Waals surface area (Å²) in [6.45, 7) is 0. The van der Waals surface area contributed by atoms with Crippen molar-refractivity contribution in [3.63, 3.8) is 0 Å². The van der Waals surface area contributed by atoms with E-state index in [-0.39, 0.29) is 11.6 Å². The highest BCUT2D eigenvalue weighted by Crippen LogP contribution is 2.36. The number of ether oxygens (including phenoxy) is 1. The summed E-state index contributed by atoms with van der Waals surface area (Å²) in [4.78, 5) is 0. The topological polar surface area (TPSA) is 39.9 Å². The molecule has 1 aromatic heterocycles. The predicted octanol–water partition coefficient (Wildman–Crippen LogP) is 4.70. The van der Waals surface area contributed by atoms with Crippen molar-refractivity contribution in [2.24, 2.45) is 0 Å². The number of hydrogen-bond acceptors (Lipinski definition) is 3. The highest BCUT2D eigenvalue weighted by atomic mass is 35.5. The molecule has 3 aromatic rings. The number of rotatable bonds is 4. The van der Waals surface area contributed by atoms with Gasteiger partial charge in [-0.25, -0.2) is 4.68 Å². The molecule has 0 aliphatic heterocycles. The number of methoxy groups -OCH3 is 1. The molecule has 0 amide bonds. The summed E-state index contributed by atoms with van der Waals surface area (Å²) in [7, 11) is 1.51. The normalized spacial score (nSPS) is 11.6. The van der Waals surface area contributed by atoms with Gasteiger partial charge in [-0.15, -0.1) is 16.7 Å². The molecular formula is C17H13ClF3N3O. The van der Waals surface area contributed by atoms with Crippen molar-refractivity contribution in [2.45, 2.75) is 12.1 Å². The maximum absolute atomic E-state index is 13.4. The van der Waals surface area contributed by atoms with Gasteiger partial charge in [0.2, 0.25) is 0 Å². The maximum atomic E-state index is 13.4. The van der Waals surface area contributed by atoms with Gasteiger partial charge in [-0.1, -0.05) is 29.5 Å². The van der Waals surface area contributed by atoms with E-state index in [4.69, 9.17) is 16.3 Å². The number of aromatic nitrogens is 3. The lowest BCUT2D eigenvalue weighted by Crippen LogP contribution is -2.12. The smallest absolute Gasteiger partial charge is 0.418 e. The molecule has 2 aromatic carbocycles. The third kappa shape index (κ3) is 3.32. The van der Waals surface area contributed by atoms with Crippen molar-refractivity contribution in [1.82, 2.24) is 15.0 Å². The van der Waals surface area contributed by atoms with Crippen LogP contribution in [0.15, 0.2) is 48.5 Å². The lowest BCUT2D eigenvalue weighted by atomic mass is 10.1. The van der Waals surface area contributed by atoms with Gasteiger partial charge in [0.05, 0.1) is 29.9 Å². The number of alkyl halides is 4. The molecule has 8 heteroatoms. The van der Waals surface area contributed by atoms with Crippen LogP contribution in [0.2, 0.25) is 0 Å². The fraction of sp³-hybridized carbons (Fsp3) is 0.176. The van der Waals surface area contributed by atoms with E-state index in [1.165, 1.54) is 25.3 Å². The van der Waals surface area contributed by atoms with Crippen molar-refractivity contribution in [2.75, 3.05) is 7.11 Å². The van der Waals surface area contributed by atoms with Gasteiger partial charge >= 0.3 is 6.18 Å². The Hall–Kier alpha value is -2.54. The van der Waals surface area contributed by atoms with Crippen LogP contribution >= 0.6 is 11.6 Å². The zero-order valence-electron chi connectivity index (χ0n) is 13.1. The van der Waals surface area contributed by atoms with Crippen LogP contribution in [0, 0.1) is 0 Å². The van der Waals surface area contributed by atoms with Crippen LogP contribution in [-0.4, -0.2) is 22.1 Å². The molecule has 0 unspecified atom stereocenters. The van der Waals surface area contributed by atoms with E-state index in [9.17, 15) is 13.2 Å². The third-order valence-electron chi connectivity index (χ3n) is 3.65. The average molecular weight is 368 g/mol. The Kier molecular flexibility index (Phi) is 4.67. The van der Waals surface area contributed by atoms with Crippen LogP contribution in [0.5, 0.6) is 5.75 Å². The fourth-order valence-corrected chi connectivity index (χ4v) is 2.71. The summed E-state index contributed by atoms with van der Waals surface area (Å²) in [6, 6.07) is 12.1. The van der Waals surface area contributed by atoms with Crippen LogP contribution in [-0.2, 0) is 12.1 Å². The van der Waals surface area contributed by atoms with Gasteiger partial charge in [0.25, 0.3) is 0 Å². The Morgan fingerprint density at radius 1 is 1.12 bits per heavy atom. The van der Waals surface area contributed by atoms with Crippen molar-refractivity contribution in [1.29, 1.82) is 0 Å². The highest BCUT2D eigenvalue weighted by molar-refractivity contribution is 6.17. The first-order valence-corrected chi connectivity index (χ1v) is 7.80. The first-order valence-electron chi connectivity index (χ1n) is 7.27. The molecule has 0 radical (unpaired) electrons. The molecule has 0 saturated carbocycles. The molecule has 1 heterocycles. The summed E-state index contributed by atoms with van der Waals surface area (Å²) in [5.74, 6) is 0.579. The Morgan fingerprint density at radius 3 is 2.56 bits per heavy atom. The van der Waals surface area contributed by atoms with Crippen LogP contribution < -0.4 is 4.74 Å². The quantitative estimate of drug-likeness (QED) is 0.627. The molecule has 3 rings (SSSR count). The molecule has 25 heavy (non-hydrogen) atoms. The maximum Gasteiger partial charge on any atom is 0.418 e. The summed E-state index contributed by atoms with van der Waals surface area (Å²) in [5, 5.41) is 7.84. The lowest BCUT2D eigenvalue weighted by molar-refractivity contribution is -0.137. The molecule has 4 nitrogen and oxygen atoms in total. The molecule has 0 bridgehead atoms. The van der Waals surface area contributed by atoms with Crippen molar-refractivity contribution in [3.8, 4) is 22.7 Å². The monoisotopic (exact) mass is 367 g/mol. The van der Waals surface area contributed by atoms with Crippen LogP contribution in [0.3, 0.4) is 0 Å². The zero-order chi connectivity index (χ0) is 18.0. The molecule has 0 saturated heterocycles. The molecular weight excluding hydrogens is 355 g/mol. The van der Waals surface area contributed by atoms with Gasteiger partial charge in [0.1, 0.15) is 11.4 Å². The van der Waals surface area contributed by atoms with Gasteiger partial charge in [-0.05, 0) is 24.3 Å². The number of nitrogens with zero attached hydrogens (tertiary/aromatic N) is 3. The Bertz CT molecular complexity index is 893. The second-order valence-electron chi connectivity index (χ2n) is 5.18. The molecule has 0 aliphatic rings. The summed E-state index contributed by atoms with van der Waals surface area (Å²) >= 11 is 5.92. The first-order chi connectivity index (χ1) is 12.0. The van der Waals surface area contributed by atoms with Crippen LogP contribution in [0.25, 0.3) is 16.9 Å². The summed E-state index contributed by atoms with van der Waals surface area (Å²) < 4.78 is 46.5. The van der Waals surface area contributed by atoms with E-state index in [1.54, 1.807) is 24.3 Å². The van der Waals surface area contributed by atoms with Gasteiger partial charge in [0, 0.05) is 5.56 Å². The third-order valence-corrected chi connectivity index (χ3v) is 3.90. The van der Waals surface area contributed by atoms with Gasteiger partial charge in [0.15, 0.2) is 0 Å². The Balaban J connectivity index is 2.25. The fourth-order valence-electron chi connectivity index (χ4n) is 2.53. The van der Waals surface area contributed by atoms with Crippen molar-refractivity contribution < 1.29 is 17.9 Å². The van der Waals surface area contributed by atoms with E-state index in [1.807, 2.05) is 0 Å². The largest absolute Gasteiger partial charge is 0.497 e. The lowest BCUT2D eigenvalue weighted by Gasteiger charge is -2.14. The second-order valence-corrected chi connectivity index (χ2v) is 5.44. The molecule has 130 valence electrons. The Morgan fingerprint density at radius 2 is 1.88 bits per heavy atom. The predicted molar refractivity (Wildman–Crippen MR) is 87.9 cm³/mol. The number of halogens is 4. The summed E-state index contributed by atoms with van der Waals surface area (Å²) in [5.41, 5.74) is 0.469.